The van der Waals surface area contributed by atoms with Gasteiger partial charge in [-0.15, -0.1) is 0 Å². The lowest BCUT2D eigenvalue weighted by molar-refractivity contribution is -0.145. The normalized spacial score (nSPS) is 12.0. The predicted molar refractivity (Wildman–Crippen MR) is 234 cm³/mol. The summed E-state index contributed by atoms with van der Waals surface area (Å²) < 4.78 is 18.0. The number of hydrogen-bond acceptors (Lipinski definition) is 5. The average Bonchev–Trinajstić information content (AvgIpc) is 3.16. The number of nitrogens with zero attached hydrogens (tertiary/aromatic N) is 1. The first-order chi connectivity index (χ1) is 26.5. The summed E-state index contributed by atoms with van der Waals surface area (Å²) in [6, 6.07) is 5.99. The van der Waals surface area contributed by atoms with Crippen molar-refractivity contribution in [3.05, 3.63) is 72.4 Å². The molecule has 0 spiro atoms. The molecule has 0 aliphatic carbocycles. The molecule has 0 saturated heterocycles. The van der Waals surface area contributed by atoms with Crippen LogP contribution in [-0.2, 0) is 16.1 Å². The van der Waals surface area contributed by atoms with Gasteiger partial charge in [0.15, 0.2) is 0 Å². The van der Waals surface area contributed by atoms with E-state index in [4.69, 9.17) is 14.2 Å². The van der Waals surface area contributed by atoms with Crippen LogP contribution in [0.4, 0.5) is 0 Å². The van der Waals surface area contributed by atoms with Gasteiger partial charge in [-0.2, -0.15) is 0 Å². The number of ether oxygens (including phenoxy) is 3. The van der Waals surface area contributed by atoms with Crippen LogP contribution in [0.25, 0.3) is 0 Å². The molecule has 5 nitrogen and oxygen atoms in total. The Hall–Kier alpha value is -2.79. The lowest BCUT2D eigenvalue weighted by atomic mass is 10.1. The minimum absolute atomic E-state index is 0.159. The maximum absolute atomic E-state index is 12.3. The summed E-state index contributed by atoms with van der Waals surface area (Å²) in [6.07, 6.45) is 49.4. The summed E-state index contributed by atoms with van der Waals surface area (Å²) >= 11 is 0. The van der Waals surface area contributed by atoms with Crippen LogP contribution < -0.4 is 9.47 Å². The topological polar surface area (TPSA) is 48.0 Å². The summed E-state index contributed by atoms with van der Waals surface area (Å²) in [5.74, 6) is 1.44. The van der Waals surface area contributed by atoms with Gasteiger partial charge in [-0.25, -0.2) is 0 Å². The first-order valence-corrected chi connectivity index (χ1v) is 22.3. The van der Waals surface area contributed by atoms with Crippen LogP contribution >= 0.6 is 0 Å². The quantitative estimate of drug-likeness (QED) is 0.0383. The molecule has 0 atom stereocenters. The summed E-state index contributed by atoms with van der Waals surface area (Å²) in [4.78, 5) is 14.4. The van der Waals surface area contributed by atoms with E-state index < -0.39 is 0 Å². The second-order valence-electron chi connectivity index (χ2n) is 15.2. The summed E-state index contributed by atoms with van der Waals surface area (Å²) in [6.45, 7) is 7.00. The number of rotatable bonds is 38. The van der Waals surface area contributed by atoms with E-state index in [0.29, 0.717) is 19.6 Å². The summed E-state index contributed by atoms with van der Waals surface area (Å²) in [5.41, 5.74) is 0.914. The van der Waals surface area contributed by atoms with Gasteiger partial charge in [0, 0.05) is 12.5 Å². The Labute approximate surface area is 334 Å². The van der Waals surface area contributed by atoms with Crippen molar-refractivity contribution in [2.24, 2.45) is 0 Å². The van der Waals surface area contributed by atoms with Crippen LogP contribution in [0.1, 0.15) is 186 Å². The molecule has 1 aromatic rings. The van der Waals surface area contributed by atoms with Crippen LogP contribution in [0.15, 0.2) is 66.8 Å². The third-order valence-corrected chi connectivity index (χ3v) is 9.55. The monoisotopic (exact) mass is 750 g/mol. The smallest absolute Gasteiger partial charge is 0.306 e. The van der Waals surface area contributed by atoms with E-state index in [2.05, 4.69) is 67.4 Å². The Kier molecular flexibility index (Phi) is 35.1. The first kappa shape index (κ1) is 49.2. The van der Waals surface area contributed by atoms with Crippen molar-refractivity contribution in [3.8, 4) is 11.5 Å². The Morgan fingerprint density at radius 2 is 0.926 bits per heavy atom. The van der Waals surface area contributed by atoms with Gasteiger partial charge >= 0.3 is 5.97 Å². The van der Waals surface area contributed by atoms with Gasteiger partial charge in [-0.05, 0) is 122 Å². The van der Waals surface area contributed by atoms with Gasteiger partial charge in [-0.3, -0.25) is 4.79 Å². The van der Waals surface area contributed by atoms with Gasteiger partial charge in [0.2, 0.25) is 0 Å². The van der Waals surface area contributed by atoms with Gasteiger partial charge < -0.3 is 19.1 Å². The summed E-state index contributed by atoms with van der Waals surface area (Å²) in [7, 11) is 4.04. The van der Waals surface area contributed by atoms with Gasteiger partial charge in [-0.1, -0.05) is 140 Å². The molecular weight excluding hydrogens is 667 g/mol. The Bertz CT molecular complexity index is 1040. The van der Waals surface area contributed by atoms with E-state index in [1.807, 2.05) is 32.3 Å². The molecule has 0 N–H and O–H groups in total. The van der Waals surface area contributed by atoms with E-state index in [1.54, 1.807) is 0 Å². The molecule has 5 heteroatoms. The third kappa shape index (κ3) is 33.8. The van der Waals surface area contributed by atoms with E-state index in [-0.39, 0.29) is 12.6 Å². The minimum Gasteiger partial charge on any atom is -0.493 e. The number of allylic oxidation sites excluding steroid dienone is 8. The fourth-order valence-electron chi connectivity index (χ4n) is 6.22. The minimum atomic E-state index is -0.159. The second kappa shape index (κ2) is 38.5. The summed E-state index contributed by atoms with van der Waals surface area (Å²) in [5, 5.41) is 0. The van der Waals surface area contributed by atoms with Crippen LogP contribution in [0, 0.1) is 0 Å². The first-order valence-electron chi connectivity index (χ1n) is 22.3. The van der Waals surface area contributed by atoms with Crippen LogP contribution in [0.3, 0.4) is 0 Å². The fourth-order valence-corrected chi connectivity index (χ4v) is 6.22. The molecule has 0 unspecified atom stereocenters. The molecule has 0 fully saturated rings. The zero-order valence-electron chi connectivity index (χ0n) is 35.6. The highest BCUT2D eigenvalue weighted by molar-refractivity contribution is 5.69. The van der Waals surface area contributed by atoms with Crippen molar-refractivity contribution >= 4 is 5.97 Å². The zero-order valence-corrected chi connectivity index (χ0v) is 35.6. The zero-order chi connectivity index (χ0) is 39.0. The average molecular weight is 750 g/mol. The molecule has 0 aliphatic heterocycles. The number of carbonyl (C=O) groups excluding carboxylic acids is 1. The number of esters is 1. The van der Waals surface area contributed by atoms with Gasteiger partial charge in [0.05, 0.1) is 13.2 Å². The van der Waals surface area contributed by atoms with Gasteiger partial charge in [0.1, 0.15) is 18.1 Å². The van der Waals surface area contributed by atoms with E-state index in [9.17, 15) is 4.79 Å². The molecular formula is C49H83NO4. The fraction of sp³-hybridized carbons (Fsp3) is 0.694. The highest BCUT2D eigenvalue weighted by Gasteiger charge is 2.08. The highest BCUT2D eigenvalue weighted by Crippen LogP contribution is 2.25. The molecule has 0 aromatic heterocycles. The van der Waals surface area contributed by atoms with Crippen LogP contribution in [-0.4, -0.2) is 44.7 Å². The van der Waals surface area contributed by atoms with Crippen LogP contribution in [0.2, 0.25) is 0 Å². The van der Waals surface area contributed by atoms with E-state index in [0.717, 1.165) is 55.7 Å². The maximum Gasteiger partial charge on any atom is 0.306 e. The lowest BCUT2D eigenvalue weighted by Crippen LogP contribution is -2.15. The van der Waals surface area contributed by atoms with Crippen molar-refractivity contribution in [2.75, 3.05) is 33.9 Å². The van der Waals surface area contributed by atoms with Crippen LogP contribution in [0.5, 0.6) is 11.5 Å². The van der Waals surface area contributed by atoms with Gasteiger partial charge in [0.25, 0.3) is 0 Å². The number of carbonyl (C=O) groups is 1. The standard InChI is InChI=1S/C49H83NO4/c1-5-7-9-11-13-15-17-19-21-23-25-27-29-31-33-35-40-52-47-42-46(45-54-49(51)38-37-39-50(3)4)43-48(44-47)53-41-36-34-32-30-28-26-24-22-20-18-16-14-12-10-8-6-2/h13-16,19-22,42-44H,5-12,17-18,23-41,45H2,1-4H3. The lowest BCUT2D eigenvalue weighted by Gasteiger charge is -2.13. The van der Waals surface area contributed by atoms with Crippen molar-refractivity contribution in [2.45, 2.75) is 187 Å². The van der Waals surface area contributed by atoms with Crippen molar-refractivity contribution < 1.29 is 19.0 Å². The Balaban J connectivity index is 2.32. The number of unbranched alkanes of at least 4 members (excludes halogenated alkanes) is 18. The molecule has 0 heterocycles. The Morgan fingerprint density at radius 3 is 1.35 bits per heavy atom. The van der Waals surface area contributed by atoms with E-state index >= 15 is 0 Å². The number of hydrogen-bond donors (Lipinski definition) is 0. The highest BCUT2D eigenvalue weighted by atomic mass is 16.5. The molecule has 0 bridgehead atoms. The van der Waals surface area contributed by atoms with Crippen molar-refractivity contribution in [1.82, 2.24) is 4.90 Å². The molecule has 0 aliphatic rings. The largest absolute Gasteiger partial charge is 0.493 e. The number of benzene rings is 1. The second-order valence-corrected chi connectivity index (χ2v) is 15.2. The van der Waals surface area contributed by atoms with Crippen molar-refractivity contribution in [3.63, 3.8) is 0 Å². The van der Waals surface area contributed by atoms with E-state index in [1.165, 1.54) is 128 Å². The molecule has 1 rings (SSSR count). The Morgan fingerprint density at radius 1 is 0.519 bits per heavy atom. The molecule has 0 radical (unpaired) electrons. The molecule has 54 heavy (non-hydrogen) atoms. The predicted octanol–water partition coefficient (Wildman–Crippen LogP) is 14.5. The maximum atomic E-state index is 12.3. The molecule has 0 saturated carbocycles. The third-order valence-electron chi connectivity index (χ3n) is 9.55. The molecule has 308 valence electrons. The van der Waals surface area contributed by atoms with Crippen molar-refractivity contribution in [1.29, 1.82) is 0 Å². The molecule has 0 amide bonds. The molecule has 1 aromatic carbocycles. The SMILES string of the molecule is CCCCCC=CCC=CCCCCCCCCOc1cc(COC(=O)CCCN(C)C)cc(OCCCCCCCCC=CCC=CCCCCC)c1.